The minimum Gasteiger partial charge on any atom is -0.366 e. The average Bonchev–Trinajstić information content (AvgIpc) is 2.59. The highest BCUT2D eigenvalue weighted by atomic mass is 15.3. The zero-order valence-electron chi connectivity index (χ0n) is 9.17. The predicted molar refractivity (Wildman–Crippen MR) is 62.0 cm³/mol. The summed E-state index contributed by atoms with van der Waals surface area (Å²) >= 11 is 0. The average molecular weight is 190 g/mol. The molecular weight excluding hydrogens is 172 g/mol. The Morgan fingerprint density at radius 2 is 2.21 bits per heavy atom. The van der Waals surface area contributed by atoms with Gasteiger partial charge in [0, 0.05) is 6.54 Å². The van der Waals surface area contributed by atoms with Gasteiger partial charge < -0.3 is 10.2 Å². The molecule has 76 valence electrons. The molecular formula is C12H18N2. The Labute approximate surface area is 85.9 Å². The molecule has 0 saturated carbocycles. The van der Waals surface area contributed by atoms with Crippen LogP contribution in [-0.2, 0) is 0 Å². The van der Waals surface area contributed by atoms with Gasteiger partial charge in [-0.3, -0.25) is 0 Å². The second kappa shape index (κ2) is 3.52. The number of nitrogens with one attached hydrogen (secondary N) is 1. The van der Waals surface area contributed by atoms with Gasteiger partial charge in [-0.2, -0.15) is 0 Å². The van der Waals surface area contributed by atoms with Crippen LogP contribution in [0.4, 0.5) is 11.4 Å². The number of fused-ring (bicyclic) bond motifs is 1. The van der Waals surface area contributed by atoms with Crippen molar-refractivity contribution in [1.29, 1.82) is 0 Å². The third-order valence-corrected chi connectivity index (χ3v) is 2.87. The Morgan fingerprint density at radius 3 is 2.86 bits per heavy atom. The van der Waals surface area contributed by atoms with Crippen LogP contribution in [0.15, 0.2) is 18.2 Å². The molecule has 1 heterocycles. The molecule has 2 rings (SSSR count). The SMILES string of the molecule is CCN1CNc2c(C(C)C)cccc21. The molecule has 0 unspecified atom stereocenters. The summed E-state index contributed by atoms with van der Waals surface area (Å²) in [6.07, 6.45) is 0. The van der Waals surface area contributed by atoms with E-state index >= 15 is 0 Å². The van der Waals surface area contributed by atoms with Crippen LogP contribution in [0.3, 0.4) is 0 Å². The van der Waals surface area contributed by atoms with Gasteiger partial charge in [0.05, 0.1) is 18.0 Å². The fourth-order valence-electron chi connectivity index (χ4n) is 2.04. The maximum absolute atomic E-state index is 3.48. The molecule has 1 aromatic rings. The van der Waals surface area contributed by atoms with E-state index in [0.29, 0.717) is 5.92 Å². The van der Waals surface area contributed by atoms with E-state index in [0.717, 1.165) is 13.2 Å². The Hall–Kier alpha value is -1.18. The van der Waals surface area contributed by atoms with Crippen molar-refractivity contribution < 1.29 is 0 Å². The first kappa shape index (κ1) is 9.38. The summed E-state index contributed by atoms with van der Waals surface area (Å²) in [6.45, 7) is 8.70. The Morgan fingerprint density at radius 1 is 1.43 bits per heavy atom. The molecule has 1 aliphatic heterocycles. The monoisotopic (exact) mass is 190 g/mol. The van der Waals surface area contributed by atoms with Gasteiger partial charge in [0.1, 0.15) is 0 Å². The highest BCUT2D eigenvalue weighted by molar-refractivity contribution is 5.78. The molecule has 1 N–H and O–H groups in total. The van der Waals surface area contributed by atoms with Crippen LogP contribution in [0.1, 0.15) is 32.3 Å². The molecule has 1 aliphatic rings. The standard InChI is InChI=1S/C12H18N2/c1-4-14-8-13-12-10(9(2)3)6-5-7-11(12)14/h5-7,9,13H,4,8H2,1-3H3. The first-order chi connectivity index (χ1) is 6.74. The molecule has 14 heavy (non-hydrogen) atoms. The number of rotatable bonds is 2. The van der Waals surface area contributed by atoms with Gasteiger partial charge in [-0.25, -0.2) is 0 Å². The summed E-state index contributed by atoms with van der Waals surface area (Å²) in [5.41, 5.74) is 4.13. The number of para-hydroxylation sites is 1. The molecule has 2 nitrogen and oxygen atoms in total. The molecule has 1 aromatic carbocycles. The molecule has 2 heteroatoms. The molecule has 0 saturated heterocycles. The van der Waals surface area contributed by atoms with E-state index in [1.54, 1.807) is 0 Å². The Kier molecular flexibility index (Phi) is 2.36. The van der Waals surface area contributed by atoms with Gasteiger partial charge in [0.25, 0.3) is 0 Å². The van der Waals surface area contributed by atoms with Crippen molar-refractivity contribution in [3.8, 4) is 0 Å². The highest BCUT2D eigenvalue weighted by Crippen LogP contribution is 2.37. The molecule has 0 atom stereocenters. The van der Waals surface area contributed by atoms with Crippen molar-refractivity contribution in [3.05, 3.63) is 23.8 Å². The van der Waals surface area contributed by atoms with Crippen molar-refractivity contribution in [3.63, 3.8) is 0 Å². The topological polar surface area (TPSA) is 15.3 Å². The van der Waals surface area contributed by atoms with Crippen molar-refractivity contribution in [2.24, 2.45) is 0 Å². The lowest BCUT2D eigenvalue weighted by Crippen LogP contribution is -2.21. The summed E-state index contributed by atoms with van der Waals surface area (Å²) < 4.78 is 0. The van der Waals surface area contributed by atoms with Gasteiger partial charge in [0.15, 0.2) is 0 Å². The van der Waals surface area contributed by atoms with Gasteiger partial charge in [0.2, 0.25) is 0 Å². The molecule has 0 bridgehead atoms. The van der Waals surface area contributed by atoms with Crippen LogP contribution in [-0.4, -0.2) is 13.2 Å². The van der Waals surface area contributed by atoms with E-state index in [1.807, 2.05) is 0 Å². The Balaban J connectivity index is 2.44. The molecule has 0 fully saturated rings. The number of nitrogens with zero attached hydrogens (tertiary/aromatic N) is 1. The van der Waals surface area contributed by atoms with Crippen molar-refractivity contribution in [2.45, 2.75) is 26.7 Å². The first-order valence-corrected chi connectivity index (χ1v) is 5.35. The zero-order chi connectivity index (χ0) is 10.1. The maximum atomic E-state index is 3.48. The largest absolute Gasteiger partial charge is 0.366 e. The van der Waals surface area contributed by atoms with Gasteiger partial charge in [-0.05, 0) is 24.5 Å². The highest BCUT2D eigenvalue weighted by Gasteiger charge is 2.20. The molecule has 0 aliphatic carbocycles. The van der Waals surface area contributed by atoms with E-state index in [1.165, 1.54) is 16.9 Å². The quantitative estimate of drug-likeness (QED) is 0.771. The fourth-order valence-corrected chi connectivity index (χ4v) is 2.04. The van der Waals surface area contributed by atoms with Gasteiger partial charge >= 0.3 is 0 Å². The van der Waals surface area contributed by atoms with Crippen LogP contribution in [0.25, 0.3) is 0 Å². The van der Waals surface area contributed by atoms with E-state index in [9.17, 15) is 0 Å². The number of benzene rings is 1. The summed E-state index contributed by atoms with van der Waals surface area (Å²) in [5, 5.41) is 3.48. The lowest BCUT2D eigenvalue weighted by molar-refractivity contribution is 0.870. The number of hydrogen-bond donors (Lipinski definition) is 1. The van der Waals surface area contributed by atoms with Crippen molar-refractivity contribution >= 4 is 11.4 Å². The van der Waals surface area contributed by atoms with Crippen molar-refractivity contribution in [2.75, 3.05) is 23.4 Å². The Bertz CT molecular complexity index is 331. The summed E-state index contributed by atoms with van der Waals surface area (Å²) in [4.78, 5) is 2.36. The van der Waals surface area contributed by atoms with Crippen molar-refractivity contribution in [1.82, 2.24) is 0 Å². The normalized spacial score (nSPS) is 14.4. The van der Waals surface area contributed by atoms with E-state index in [2.05, 4.69) is 49.2 Å². The van der Waals surface area contributed by atoms with Crippen LogP contribution >= 0.6 is 0 Å². The van der Waals surface area contributed by atoms with E-state index in [4.69, 9.17) is 0 Å². The molecule has 0 spiro atoms. The summed E-state index contributed by atoms with van der Waals surface area (Å²) in [6, 6.07) is 6.57. The summed E-state index contributed by atoms with van der Waals surface area (Å²) in [5.74, 6) is 0.592. The van der Waals surface area contributed by atoms with Gasteiger partial charge in [-0.1, -0.05) is 26.0 Å². The zero-order valence-corrected chi connectivity index (χ0v) is 9.17. The summed E-state index contributed by atoms with van der Waals surface area (Å²) in [7, 11) is 0. The second-order valence-electron chi connectivity index (χ2n) is 4.09. The lowest BCUT2D eigenvalue weighted by atomic mass is 10.0. The van der Waals surface area contributed by atoms with Crippen LogP contribution in [0.2, 0.25) is 0 Å². The van der Waals surface area contributed by atoms with E-state index < -0.39 is 0 Å². The van der Waals surface area contributed by atoms with E-state index in [-0.39, 0.29) is 0 Å². The number of anilines is 2. The second-order valence-corrected chi connectivity index (χ2v) is 4.09. The lowest BCUT2D eigenvalue weighted by Gasteiger charge is -2.15. The van der Waals surface area contributed by atoms with Crippen LogP contribution in [0, 0.1) is 0 Å². The maximum Gasteiger partial charge on any atom is 0.0877 e. The minimum absolute atomic E-state index is 0.592. The first-order valence-electron chi connectivity index (χ1n) is 5.35. The smallest absolute Gasteiger partial charge is 0.0877 e. The molecule has 0 amide bonds. The van der Waals surface area contributed by atoms with Crippen LogP contribution < -0.4 is 10.2 Å². The molecule has 0 radical (unpaired) electrons. The van der Waals surface area contributed by atoms with Gasteiger partial charge in [-0.15, -0.1) is 0 Å². The predicted octanol–water partition coefficient (Wildman–Crippen LogP) is 3.02. The number of hydrogen-bond acceptors (Lipinski definition) is 2. The third-order valence-electron chi connectivity index (χ3n) is 2.87. The fraction of sp³-hybridized carbons (Fsp3) is 0.500. The van der Waals surface area contributed by atoms with Crippen LogP contribution in [0.5, 0.6) is 0 Å². The third kappa shape index (κ3) is 1.35. The molecule has 0 aromatic heterocycles. The minimum atomic E-state index is 0.592.